The molecule has 0 fully saturated rings. The normalized spacial score (nSPS) is 11.2. The summed E-state index contributed by atoms with van der Waals surface area (Å²) in [6.07, 6.45) is 1.08. The van der Waals surface area contributed by atoms with Gasteiger partial charge in [0.05, 0.1) is 15.5 Å². The molecule has 0 unspecified atom stereocenters. The van der Waals surface area contributed by atoms with Crippen LogP contribution in [0, 0.1) is 6.92 Å². The number of nitrogens with one attached hydrogen (secondary N) is 1. The van der Waals surface area contributed by atoms with Gasteiger partial charge in [0.1, 0.15) is 0 Å². The minimum absolute atomic E-state index is 0.0564. The Kier molecular flexibility index (Phi) is 4.34. The zero-order chi connectivity index (χ0) is 15.6. The molecular formula is C15H14ClNO3S. The molecule has 2 rings (SSSR count). The highest BCUT2D eigenvalue weighted by molar-refractivity contribution is 7.90. The van der Waals surface area contributed by atoms with Gasteiger partial charge >= 0.3 is 0 Å². The monoisotopic (exact) mass is 323 g/mol. The van der Waals surface area contributed by atoms with E-state index in [-0.39, 0.29) is 15.5 Å². The maximum absolute atomic E-state index is 12.2. The van der Waals surface area contributed by atoms with Gasteiger partial charge in [-0.15, -0.1) is 0 Å². The number of benzene rings is 2. The van der Waals surface area contributed by atoms with Crippen molar-refractivity contribution in [2.75, 3.05) is 11.6 Å². The molecule has 0 aliphatic carbocycles. The zero-order valence-corrected chi connectivity index (χ0v) is 13.1. The minimum Gasteiger partial charge on any atom is -0.322 e. The van der Waals surface area contributed by atoms with Crippen molar-refractivity contribution < 1.29 is 13.2 Å². The maximum Gasteiger partial charge on any atom is 0.257 e. The van der Waals surface area contributed by atoms with Crippen molar-refractivity contribution in [3.8, 4) is 0 Å². The predicted molar refractivity (Wildman–Crippen MR) is 83.7 cm³/mol. The minimum atomic E-state index is -3.39. The second-order valence-electron chi connectivity index (χ2n) is 4.73. The van der Waals surface area contributed by atoms with E-state index in [1.807, 2.05) is 19.1 Å². The van der Waals surface area contributed by atoms with Gasteiger partial charge in [-0.1, -0.05) is 29.3 Å². The van der Waals surface area contributed by atoms with Crippen LogP contribution in [0.4, 0.5) is 5.69 Å². The summed E-state index contributed by atoms with van der Waals surface area (Å²) >= 11 is 5.98. The highest BCUT2D eigenvalue weighted by atomic mass is 35.5. The molecule has 2 aromatic carbocycles. The Labute approximate surface area is 128 Å². The number of sulfone groups is 1. The summed E-state index contributed by atoms with van der Waals surface area (Å²) in [6, 6.07) is 11.3. The van der Waals surface area contributed by atoms with E-state index in [2.05, 4.69) is 5.32 Å². The van der Waals surface area contributed by atoms with Crippen molar-refractivity contribution in [1.29, 1.82) is 0 Å². The molecule has 0 saturated heterocycles. The molecule has 1 N–H and O–H groups in total. The summed E-state index contributed by atoms with van der Waals surface area (Å²) in [5.41, 5.74) is 1.82. The van der Waals surface area contributed by atoms with E-state index >= 15 is 0 Å². The predicted octanol–water partition coefficient (Wildman–Crippen LogP) is 3.30. The summed E-state index contributed by atoms with van der Waals surface area (Å²) in [5, 5.41) is 2.89. The van der Waals surface area contributed by atoms with E-state index in [9.17, 15) is 13.2 Å². The van der Waals surface area contributed by atoms with E-state index in [1.54, 1.807) is 12.1 Å². The van der Waals surface area contributed by atoms with Crippen LogP contribution in [0.15, 0.2) is 47.4 Å². The first-order valence-corrected chi connectivity index (χ1v) is 8.42. The molecule has 1 amide bonds. The SMILES string of the molecule is Cc1ccc(NC(=O)c2cc(S(C)(=O)=O)ccc2Cl)cc1. The molecule has 21 heavy (non-hydrogen) atoms. The number of hydrogen-bond acceptors (Lipinski definition) is 3. The first kappa shape index (κ1) is 15.5. The molecule has 0 saturated carbocycles. The molecule has 0 aliphatic rings. The highest BCUT2D eigenvalue weighted by Gasteiger charge is 2.15. The fourth-order valence-corrected chi connectivity index (χ4v) is 2.59. The van der Waals surface area contributed by atoms with Crippen LogP contribution in [0.2, 0.25) is 5.02 Å². The maximum atomic E-state index is 12.2. The third kappa shape index (κ3) is 3.83. The molecule has 6 heteroatoms. The quantitative estimate of drug-likeness (QED) is 0.942. The highest BCUT2D eigenvalue weighted by Crippen LogP contribution is 2.22. The Hall–Kier alpha value is -1.85. The van der Waals surface area contributed by atoms with Crippen LogP contribution < -0.4 is 5.32 Å². The Morgan fingerprint density at radius 1 is 1.10 bits per heavy atom. The molecule has 0 aliphatic heterocycles. The van der Waals surface area contributed by atoms with E-state index in [1.165, 1.54) is 18.2 Å². The van der Waals surface area contributed by atoms with Crippen molar-refractivity contribution >= 4 is 33.0 Å². The van der Waals surface area contributed by atoms with Gasteiger partial charge in [-0.25, -0.2) is 8.42 Å². The standard InChI is InChI=1S/C15H14ClNO3S/c1-10-3-5-11(6-4-10)17-15(18)13-9-12(21(2,19)20)7-8-14(13)16/h3-9H,1-2H3,(H,17,18). The molecule has 0 aromatic heterocycles. The van der Waals surface area contributed by atoms with Crippen molar-refractivity contribution in [3.63, 3.8) is 0 Å². The van der Waals surface area contributed by atoms with Crippen LogP contribution >= 0.6 is 11.6 Å². The lowest BCUT2D eigenvalue weighted by molar-refractivity contribution is 0.102. The van der Waals surface area contributed by atoms with E-state index < -0.39 is 15.7 Å². The smallest absolute Gasteiger partial charge is 0.257 e. The van der Waals surface area contributed by atoms with Crippen LogP contribution in [0.5, 0.6) is 0 Å². The number of carbonyl (C=O) groups is 1. The average molecular weight is 324 g/mol. The molecule has 0 heterocycles. The number of hydrogen-bond donors (Lipinski definition) is 1. The van der Waals surface area contributed by atoms with Gasteiger partial charge in [-0.2, -0.15) is 0 Å². The second kappa shape index (κ2) is 5.87. The van der Waals surface area contributed by atoms with Crippen LogP contribution in [0.25, 0.3) is 0 Å². The molecule has 0 atom stereocenters. The number of anilines is 1. The molecule has 110 valence electrons. The van der Waals surface area contributed by atoms with Crippen LogP contribution in [-0.4, -0.2) is 20.6 Å². The molecule has 0 spiro atoms. The van der Waals surface area contributed by atoms with Gasteiger partial charge in [0.15, 0.2) is 9.84 Å². The second-order valence-corrected chi connectivity index (χ2v) is 7.16. The van der Waals surface area contributed by atoms with Crippen LogP contribution in [-0.2, 0) is 9.84 Å². The topological polar surface area (TPSA) is 63.2 Å². The summed E-state index contributed by atoms with van der Waals surface area (Å²) < 4.78 is 23.1. The lowest BCUT2D eigenvalue weighted by Crippen LogP contribution is -2.13. The summed E-state index contributed by atoms with van der Waals surface area (Å²) in [6.45, 7) is 1.94. The molecule has 0 bridgehead atoms. The summed E-state index contributed by atoms with van der Waals surface area (Å²) in [5.74, 6) is -0.450. The number of rotatable bonds is 3. The first-order valence-electron chi connectivity index (χ1n) is 6.15. The Morgan fingerprint density at radius 2 is 1.71 bits per heavy atom. The summed E-state index contributed by atoms with van der Waals surface area (Å²) in [7, 11) is -3.39. The Morgan fingerprint density at radius 3 is 2.29 bits per heavy atom. The molecular weight excluding hydrogens is 310 g/mol. The van der Waals surface area contributed by atoms with Gasteiger partial charge in [-0.3, -0.25) is 4.79 Å². The van der Waals surface area contributed by atoms with Crippen LogP contribution in [0.3, 0.4) is 0 Å². The van der Waals surface area contributed by atoms with E-state index in [0.29, 0.717) is 5.69 Å². The third-order valence-electron chi connectivity index (χ3n) is 2.92. The number of carbonyl (C=O) groups excluding carboxylic acids is 1. The van der Waals surface area contributed by atoms with Crippen LogP contribution in [0.1, 0.15) is 15.9 Å². The number of aryl methyl sites for hydroxylation is 1. The molecule has 0 radical (unpaired) electrons. The number of halogens is 1. The van der Waals surface area contributed by atoms with Crippen molar-refractivity contribution in [2.45, 2.75) is 11.8 Å². The lowest BCUT2D eigenvalue weighted by atomic mass is 10.2. The van der Waals surface area contributed by atoms with E-state index in [4.69, 9.17) is 11.6 Å². The molecule has 2 aromatic rings. The van der Waals surface area contributed by atoms with Crippen molar-refractivity contribution in [1.82, 2.24) is 0 Å². The largest absolute Gasteiger partial charge is 0.322 e. The zero-order valence-electron chi connectivity index (χ0n) is 11.6. The summed E-state index contributed by atoms with van der Waals surface area (Å²) in [4.78, 5) is 12.3. The van der Waals surface area contributed by atoms with E-state index in [0.717, 1.165) is 11.8 Å². The Bertz CT molecular complexity index is 783. The van der Waals surface area contributed by atoms with Crippen molar-refractivity contribution in [3.05, 3.63) is 58.6 Å². The van der Waals surface area contributed by atoms with Gasteiger partial charge in [0.2, 0.25) is 0 Å². The van der Waals surface area contributed by atoms with Crippen molar-refractivity contribution in [2.24, 2.45) is 0 Å². The van der Waals surface area contributed by atoms with Gasteiger partial charge < -0.3 is 5.32 Å². The lowest BCUT2D eigenvalue weighted by Gasteiger charge is -2.08. The third-order valence-corrected chi connectivity index (χ3v) is 4.36. The average Bonchev–Trinajstić information content (AvgIpc) is 2.40. The molecule has 4 nitrogen and oxygen atoms in total. The Balaban J connectivity index is 2.32. The first-order chi connectivity index (χ1) is 9.77. The number of amides is 1. The van der Waals surface area contributed by atoms with Gasteiger partial charge in [-0.05, 0) is 37.3 Å². The van der Waals surface area contributed by atoms with Gasteiger partial charge in [0.25, 0.3) is 5.91 Å². The fourth-order valence-electron chi connectivity index (χ4n) is 1.74. The van der Waals surface area contributed by atoms with Gasteiger partial charge in [0, 0.05) is 11.9 Å². The fraction of sp³-hybridized carbons (Fsp3) is 0.133.